The van der Waals surface area contributed by atoms with Crippen molar-refractivity contribution in [3.05, 3.63) is 12.2 Å². The fraction of sp³-hybridized carbons (Fsp3) is 0.429. The molecular formula is C7H13NO4. The van der Waals surface area contributed by atoms with Crippen molar-refractivity contribution >= 4 is 12.1 Å². The van der Waals surface area contributed by atoms with Gasteiger partial charge in [0.15, 0.2) is 0 Å². The first kappa shape index (κ1) is 13.1. The first-order valence-electron chi connectivity index (χ1n) is 3.22. The highest BCUT2D eigenvalue weighted by Crippen LogP contribution is 1.89. The van der Waals surface area contributed by atoms with E-state index in [-0.39, 0.29) is 5.97 Å². The Labute approximate surface area is 70.8 Å². The molecule has 0 bridgehead atoms. The predicted molar refractivity (Wildman–Crippen MR) is 43.7 cm³/mol. The molecule has 0 aromatic heterocycles. The average Bonchev–Trinajstić information content (AvgIpc) is 1.86. The van der Waals surface area contributed by atoms with Crippen molar-refractivity contribution < 1.29 is 19.4 Å². The number of amides is 1. The van der Waals surface area contributed by atoms with E-state index >= 15 is 0 Å². The van der Waals surface area contributed by atoms with E-state index in [9.17, 15) is 4.79 Å². The van der Waals surface area contributed by atoms with E-state index in [1.54, 1.807) is 13.8 Å². The first-order valence-corrected chi connectivity index (χ1v) is 3.22. The smallest absolute Gasteiger partial charge is 0.402 e. The van der Waals surface area contributed by atoms with Crippen LogP contribution in [0.5, 0.6) is 0 Å². The number of carbonyl (C=O) groups excluding carboxylic acids is 1. The van der Waals surface area contributed by atoms with Crippen LogP contribution >= 0.6 is 0 Å². The molecule has 0 rings (SSSR count). The molecule has 1 amide bonds. The number of rotatable bonds is 2. The molecule has 0 unspecified atom stereocenters. The van der Waals surface area contributed by atoms with Gasteiger partial charge in [-0.2, -0.15) is 0 Å². The van der Waals surface area contributed by atoms with Crippen LogP contribution in [0.15, 0.2) is 12.2 Å². The molecule has 12 heavy (non-hydrogen) atoms. The summed E-state index contributed by atoms with van der Waals surface area (Å²) in [5.41, 5.74) is 4.48. The zero-order valence-electron chi connectivity index (χ0n) is 7.16. The SMILES string of the molecule is C=C(C)C(=O)OCC.NC(=O)O. The molecule has 0 saturated carbocycles. The van der Waals surface area contributed by atoms with E-state index in [1.165, 1.54) is 0 Å². The molecule has 0 aliphatic heterocycles. The zero-order valence-corrected chi connectivity index (χ0v) is 7.16. The molecule has 0 radical (unpaired) electrons. The highest BCUT2D eigenvalue weighted by atomic mass is 16.5. The first-order chi connectivity index (χ1) is 5.41. The van der Waals surface area contributed by atoms with Crippen molar-refractivity contribution in [2.24, 2.45) is 5.73 Å². The van der Waals surface area contributed by atoms with Crippen LogP contribution in [0.3, 0.4) is 0 Å². The summed E-state index contributed by atoms with van der Waals surface area (Å²) in [6.45, 7) is 7.21. The van der Waals surface area contributed by atoms with Crippen molar-refractivity contribution in [2.45, 2.75) is 13.8 Å². The van der Waals surface area contributed by atoms with Crippen molar-refractivity contribution in [3.8, 4) is 0 Å². The lowest BCUT2D eigenvalue weighted by Gasteiger charge is -1.96. The Morgan fingerprint density at radius 3 is 2.00 bits per heavy atom. The second-order valence-corrected chi connectivity index (χ2v) is 1.84. The highest BCUT2D eigenvalue weighted by Gasteiger charge is 1.98. The Morgan fingerprint density at radius 1 is 1.58 bits per heavy atom. The van der Waals surface area contributed by atoms with Crippen LogP contribution in [0.25, 0.3) is 0 Å². The standard InChI is InChI=1S/C6H10O2.CH3NO2/c1-4-8-6(7)5(2)3;2-1(3)4/h2,4H2,1,3H3;2H2,(H,3,4). The van der Waals surface area contributed by atoms with Crippen LogP contribution in [0.4, 0.5) is 4.79 Å². The lowest BCUT2D eigenvalue weighted by atomic mass is 10.4. The Morgan fingerprint density at radius 2 is 1.92 bits per heavy atom. The molecule has 5 heteroatoms. The van der Waals surface area contributed by atoms with Crippen LogP contribution in [0.1, 0.15) is 13.8 Å². The highest BCUT2D eigenvalue weighted by molar-refractivity contribution is 5.86. The summed E-state index contributed by atoms with van der Waals surface area (Å²) in [4.78, 5) is 19.2. The number of primary amides is 1. The second-order valence-electron chi connectivity index (χ2n) is 1.84. The normalized spacial score (nSPS) is 7.50. The van der Waals surface area contributed by atoms with E-state index in [0.29, 0.717) is 12.2 Å². The minimum atomic E-state index is -1.33. The van der Waals surface area contributed by atoms with Crippen molar-refractivity contribution in [1.29, 1.82) is 0 Å². The van der Waals surface area contributed by atoms with E-state index < -0.39 is 6.09 Å². The van der Waals surface area contributed by atoms with Crippen LogP contribution in [0.2, 0.25) is 0 Å². The molecule has 5 nitrogen and oxygen atoms in total. The summed E-state index contributed by atoms with van der Waals surface area (Å²) in [5.74, 6) is -0.312. The molecule has 3 N–H and O–H groups in total. The summed E-state index contributed by atoms with van der Waals surface area (Å²) in [6.07, 6.45) is -1.33. The van der Waals surface area contributed by atoms with Crippen molar-refractivity contribution in [3.63, 3.8) is 0 Å². The van der Waals surface area contributed by atoms with Crippen LogP contribution in [-0.2, 0) is 9.53 Å². The summed E-state index contributed by atoms with van der Waals surface area (Å²) in [5, 5.41) is 7.19. The van der Waals surface area contributed by atoms with Gasteiger partial charge in [0.05, 0.1) is 6.61 Å². The summed E-state index contributed by atoms with van der Waals surface area (Å²) >= 11 is 0. The number of carbonyl (C=O) groups is 2. The van der Waals surface area contributed by atoms with Gasteiger partial charge in [0.1, 0.15) is 0 Å². The van der Waals surface area contributed by atoms with Gasteiger partial charge in [0.2, 0.25) is 0 Å². The van der Waals surface area contributed by atoms with Gasteiger partial charge < -0.3 is 15.6 Å². The minimum Gasteiger partial charge on any atom is -0.465 e. The molecular weight excluding hydrogens is 162 g/mol. The minimum absolute atomic E-state index is 0.312. The molecule has 0 aromatic carbocycles. The second kappa shape index (κ2) is 7.59. The van der Waals surface area contributed by atoms with E-state index in [2.05, 4.69) is 17.0 Å². The van der Waals surface area contributed by atoms with E-state index in [1.807, 2.05) is 0 Å². The lowest BCUT2D eigenvalue weighted by molar-refractivity contribution is -0.138. The molecule has 0 saturated heterocycles. The summed E-state index contributed by atoms with van der Waals surface area (Å²) in [7, 11) is 0. The largest absolute Gasteiger partial charge is 0.465 e. The van der Waals surface area contributed by atoms with Gasteiger partial charge in [-0.05, 0) is 13.8 Å². The van der Waals surface area contributed by atoms with E-state index in [4.69, 9.17) is 9.90 Å². The molecule has 0 spiro atoms. The maximum absolute atomic E-state index is 10.4. The van der Waals surface area contributed by atoms with Gasteiger partial charge in [0, 0.05) is 5.57 Å². The van der Waals surface area contributed by atoms with Crippen molar-refractivity contribution in [1.82, 2.24) is 0 Å². The van der Waals surface area contributed by atoms with Gasteiger partial charge in [-0.25, -0.2) is 9.59 Å². The molecule has 0 atom stereocenters. The molecule has 0 aliphatic rings. The maximum atomic E-state index is 10.4. The maximum Gasteiger partial charge on any atom is 0.402 e. The molecule has 0 aromatic rings. The Kier molecular flexibility index (Phi) is 8.28. The quantitative estimate of drug-likeness (QED) is 0.478. The van der Waals surface area contributed by atoms with Crippen LogP contribution in [0, 0.1) is 0 Å². The number of carboxylic acid groups (broad SMARTS) is 1. The number of nitrogens with two attached hydrogens (primary N) is 1. The number of hydrogen-bond acceptors (Lipinski definition) is 3. The zero-order chi connectivity index (χ0) is 10.1. The Hall–Kier alpha value is -1.52. The third-order valence-corrected chi connectivity index (χ3v) is 0.624. The average molecular weight is 175 g/mol. The Balaban J connectivity index is 0. The van der Waals surface area contributed by atoms with Crippen LogP contribution < -0.4 is 5.73 Å². The molecule has 0 fully saturated rings. The molecule has 70 valence electrons. The predicted octanol–water partition coefficient (Wildman–Crippen LogP) is 0.749. The summed E-state index contributed by atoms with van der Waals surface area (Å²) < 4.78 is 4.56. The van der Waals surface area contributed by atoms with Gasteiger partial charge in [-0.1, -0.05) is 6.58 Å². The van der Waals surface area contributed by atoms with Gasteiger partial charge in [-0.15, -0.1) is 0 Å². The van der Waals surface area contributed by atoms with E-state index in [0.717, 1.165) is 0 Å². The van der Waals surface area contributed by atoms with Crippen LogP contribution in [-0.4, -0.2) is 23.8 Å². The summed E-state index contributed by atoms with van der Waals surface area (Å²) in [6, 6.07) is 0. The third kappa shape index (κ3) is 15.8. The number of esters is 1. The van der Waals surface area contributed by atoms with Gasteiger partial charge in [0.25, 0.3) is 0 Å². The van der Waals surface area contributed by atoms with Crippen molar-refractivity contribution in [2.75, 3.05) is 6.61 Å². The van der Waals surface area contributed by atoms with Gasteiger partial charge >= 0.3 is 12.1 Å². The fourth-order valence-corrected chi connectivity index (χ4v) is 0.254. The molecule has 0 heterocycles. The van der Waals surface area contributed by atoms with Gasteiger partial charge in [-0.3, -0.25) is 0 Å². The third-order valence-electron chi connectivity index (χ3n) is 0.624. The molecule has 0 aliphatic carbocycles. The Bertz CT molecular complexity index is 172. The fourth-order valence-electron chi connectivity index (χ4n) is 0.254. The topological polar surface area (TPSA) is 89.6 Å². The monoisotopic (exact) mass is 175 g/mol. The lowest BCUT2D eigenvalue weighted by Crippen LogP contribution is -2.03. The number of ether oxygens (including phenoxy) is 1. The number of hydrogen-bond donors (Lipinski definition) is 2.